The van der Waals surface area contributed by atoms with E-state index in [9.17, 15) is 29.1 Å². The number of amides is 3. The van der Waals surface area contributed by atoms with E-state index in [4.69, 9.17) is 10.8 Å². The maximum Gasteiger partial charge on any atom is 0.326 e. The average molecular weight is 420 g/mol. The van der Waals surface area contributed by atoms with Gasteiger partial charge in [0.15, 0.2) is 0 Å². The minimum Gasteiger partial charge on any atom is -0.481 e. The van der Waals surface area contributed by atoms with Gasteiger partial charge >= 0.3 is 11.9 Å². The molecule has 0 rings (SSSR count). The molecule has 4 unspecified atom stereocenters. The molecule has 0 aromatic rings. The van der Waals surface area contributed by atoms with E-state index in [2.05, 4.69) is 28.6 Å². The Morgan fingerprint density at radius 1 is 0.893 bits per heavy atom. The van der Waals surface area contributed by atoms with Crippen LogP contribution in [0.4, 0.5) is 0 Å². The number of rotatable bonds is 12. The summed E-state index contributed by atoms with van der Waals surface area (Å²) in [4.78, 5) is 58.0. The van der Waals surface area contributed by atoms with Crippen molar-refractivity contribution in [1.82, 2.24) is 16.0 Å². The molecular formula is C16H28N4O7S. The number of carbonyl (C=O) groups is 5. The maximum atomic E-state index is 12.3. The number of carbonyl (C=O) groups excluding carboxylic acids is 3. The molecule has 11 nitrogen and oxygen atoms in total. The third-order valence-electron chi connectivity index (χ3n) is 3.62. The molecule has 28 heavy (non-hydrogen) atoms. The van der Waals surface area contributed by atoms with Gasteiger partial charge in [0.1, 0.15) is 18.1 Å². The average Bonchev–Trinajstić information content (AvgIpc) is 2.57. The quantitative estimate of drug-likeness (QED) is 0.182. The highest BCUT2D eigenvalue weighted by Gasteiger charge is 2.28. The fourth-order valence-electron chi connectivity index (χ4n) is 2.12. The van der Waals surface area contributed by atoms with Crippen LogP contribution in [0, 0.1) is 5.92 Å². The molecule has 12 heteroatoms. The van der Waals surface area contributed by atoms with Crippen LogP contribution in [-0.2, 0) is 24.0 Å². The van der Waals surface area contributed by atoms with Crippen LogP contribution in [0.15, 0.2) is 0 Å². The van der Waals surface area contributed by atoms with Crippen molar-refractivity contribution in [2.24, 2.45) is 11.7 Å². The summed E-state index contributed by atoms with van der Waals surface area (Å²) in [5.41, 5.74) is 5.41. The van der Waals surface area contributed by atoms with Gasteiger partial charge in [0, 0.05) is 5.75 Å². The molecular weight excluding hydrogens is 392 g/mol. The Balaban J connectivity index is 4.83. The van der Waals surface area contributed by atoms with Crippen molar-refractivity contribution >= 4 is 42.3 Å². The van der Waals surface area contributed by atoms with Crippen LogP contribution in [0.2, 0.25) is 0 Å². The Labute approximate surface area is 168 Å². The van der Waals surface area contributed by atoms with E-state index < -0.39 is 60.2 Å². The summed E-state index contributed by atoms with van der Waals surface area (Å²) < 4.78 is 0. The highest BCUT2D eigenvalue weighted by Crippen LogP contribution is 2.05. The summed E-state index contributed by atoms with van der Waals surface area (Å²) in [6, 6.07) is -4.67. The summed E-state index contributed by atoms with van der Waals surface area (Å²) in [5, 5.41) is 24.8. The van der Waals surface area contributed by atoms with Gasteiger partial charge in [0.25, 0.3) is 0 Å². The van der Waals surface area contributed by atoms with Gasteiger partial charge in [-0.15, -0.1) is 0 Å². The van der Waals surface area contributed by atoms with E-state index >= 15 is 0 Å². The molecule has 4 atom stereocenters. The lowest BCUT2D eigenvalue weighted by atomic mass is 10.0. The first-order valence-electron chi connectivity index (χ1n) is 8.61. The second kappa shape index (κ2) is 12.2. The van der Waals surface area contributed by atoms with Crippen molar-refractivity contribution in [3.05, 3.63) is 0 Å². The molecule has 0 bridgehead atoms. The third-order valence-corrected chi connectivity index (χ3v) is 3.99. The van der Waals surface area contributed by atoms with Crippen LogP contribution < -0.4 is 21.7 Å². The summed E-state index contributed by atoms with van der Waals surface area (Å²) in [6.45, 7) is 4.94. The number of nitrogens with two attached hydrogens (primary N) is 1. The van der Waals surface area contributed by atoms with Gasteiger partial charge in [-0.25, -0.2) is 4.79 Å². The highest BCUT2D eigenvalue weighted by atomic mass is 32.1. The standard InChI is InChI=1S/C16H28N4O7S/c1-7(2)4-10(16(26)27)19-15(25)11(6-28)20-13(23)8(3)18-14(24)9(17)5-12(21)22/h7-11,28H,4-6,17H2,1-3H3,(H,18,24)(H,19,25)(H,20,23)(H,21,22)(H,26,27). The smallest absolute Gasteiger partial charge is 0.326 e. The molecule has 0 spiro atoms. The molecule has 0 aromatic heterocycles. The van der Waals surface area contributed by atoms with Gasteiger partial charge < -0.3 is 31.9 Å². The van der Waals surface area contributed by atoms with Gasteiger partial charge in [0.2, 0.25) is 17.7 Å². The summed E-state index contributed by atoms with van der Waals surface area (Å²) >= 11 is 3.99. The van der Waals surface area contributed by atoms with Crippen LogP contribution >= 0.6 is 12.6 Å². The molecule has 0 fully saturated rings. The fourth-order valence-corrected chi connectivity index (χ4v) is 2.38. The molecule has 0 aromatic carbocycles. The molecule has 0 saturated heterocycles. The zero-order chi connectivity index (χ0) is 22.0. The van der Waals surface area contributed by atoms with Gasteiger partial charge in [-0.05, 0) is 19.3 Å². The molecule has 3 amide bonds. The molecule has 0 aliphatic carbocycles. The predicted molar refractivity (Wildman–Crippen MR) is 103 cm³/mol. The Morgan fingerprint density at radius 2 is 1.43 bits per heavy atom. The van der Waals surface area contributed by atoms with Crippen molar-refractivity contribution in [2.45, 2.75) is 57.8 Å². The molecule has 0 radical (unpaired) electrons. The minimum atomic E-state index is -1.33. The zero-order valence-electron chi connectivity index (χ0n) is 16.0. The molecule has 0 aliphatic heterocycles. The largest absolute Gasteiger partial charge is 0.481 e. The van der Waals surface area contributed by atoms with Crippen molar-refractivity contribution in [3.63, 3.8) is 0 Å². The molecule has 160 valence electrons. The van der Waals surface area contributed by atoms with Crippen molar-refractivity contribution < 1.29 is 34.2 Å². The van der Waals surface area contributed by atoms with Crippen molar-refractivity contribution in [3.8, 4) is 0 Å². The van der Waals surface area contributed by atoms with E-state index in [1.807, 2.05) is 0 Å². The summed E-state index contributed by atoms with van der Waals surface area (Å²) in [6.07, 6.45) is -0.392. The third kappa shape index (κ3) is 9.55. The predicted octanol–water partition coefficient (Wildman–Crippen LogP) is -1.68. The normalized spacial score (nSPS) is 15.1. The lowest BCUT2D eigenvalue weighted by Crippen LogP contribution is -2.57. The van der Waals surface area contributed by atoms with Crippen LogP contribution in [0.1, 0.15) is 33.6 Å². The van der Waals surface area contributed by atoms with Gasteiger partial charge in [-0.3, -0.25) is 19.2 Å². The highest BCUT2D eigenvalue weighted by molar-refractivity contribution is 7.80. The maximum absolute atomic E-state index is 12.3. The zero-order valence-corrected chi connectivity index (χ0v) is 16.9. The minimum absolute atomic E-state index is 0.0238. The number of carboxylic acids is 2. The Morgan fingerprint density at radius 3 is 1.86 bits per heavy atom. The number of thiol groups is 1. The Bertz CT molecular complexity index is 600. The first-order valence-corrected chi connectivity index (χ1v) is 9.24. The Hall–Kier alpha value is -2.34. The first kappa shape index (κ1) is 25.7. The molecule has 0 saturated carbocycles. The lowest BCUT2D eigenvalue weighted by molar-refractivity contribution is -0.142. The summed E-state index contributed by atoms with van der Waals surface area (Å²) in [5.74, 6) is -4.83. The SMILES string of the molecule is CC(C)CC(NC(=O)C(CS)NC(=O)C(C)NC(=O)C(N)CC(=O)O)C(=O)O. The second-order valence-corrected chi connectivity index (χ2v) is 7.07. The topological polar surface area (TPSA) is 188 Å². The van der Waals surface area contributed by atoms with Crippen LogP contribution in [0.3, 0.4) is 0 Å². The van der Waals surface area contributed by atoms with Gasteiger partial charge in [0.05, 0.1) is 12.5 Å². The van der Waals surface area contributed by atoms with Crippen LogP contribution in [-0.4, -0.2) is 69.8 Å². The van der Waals surface area contributed by atoms with Gasteiger partial charge in [-0.2, -0.15) is 12.6 Å². The van der Waals surface area contributed by atoms with E-state index in [-0.39, 0.29) is 18.1 Å². The lowest BCUT2D eigenvalue weighted by Gasteiger charge is -2.23. The van der Waals surface area contributed by atoms with Gasteiger partial charge in [-0.1, -0.05) is 13.8 Å². The fraction of sp³-hybridized carbons (Fsp3) is 0.688. The molecule has 0 aliphatic rings. The Kier molecular flexibility index (Phi) is 11.2. The van der Waals surface area contributed by atoms with Crippen molar-refractivity contribution in [1.29, 1.82) is 0 Å². The van der Waals surface area contributed by atoms with Crippen LogP contribution in [0.5, 0.6) is 0 Å². The molecule has 7 N–H and O–H groups in total. The number of aliphatic carboxylic acids is 2. The first-order chi connectivity index (χ1) is 12.9. The summed E-state index contributed by atoms with van der Waals surface area (Å²) in [7, 11) is 0. The van der Waals surface area contributed by atoms with E-state index in [1.54, 1.807) is 13.8 Å². The monoisotopic (exact) mass is 420 g/mol. The van der Waals surface area contributed by atoms with E-state index in [1.165, 1.54) is 6.92 Å². The number of hydrogen-bond donors (Lipinski definition) is 7. The number of hydrogen-bond acceptors (Lipinski definition) is 7. The molecule has 0 heterocycles. The van der Waals surface area contributed by atoms with Crippen molar-refractivity contribution in [2.75, 3.05) is 5.75 Å². The second-order valence-electron chi connectivity index (χ2n) is 6.71. The van der Waals surface area contributed by atoms with E-state index in [0.29, 0.717) is 0 Å². The van der Waals surface area contributed by atoms with Crippen LogP contribution in [0.25, 0.3) is 0 Å². The number of nitrogens with one attached hydrogen (secondary N) is 3. The number of carboxylic acid groups (broad SMARTS) is 2. The van der Waals surface area contributed by atoms with E-state index in [0.717, 1.165) is 0 Å².